The summed E-state index contributed by atoms with van der Waals surface area (Å²) >= 11 is 0. The van der Waals surface area contributed by atoms with Crippen molar-refractivity contribution in [1.29, 1.82) is 0 Å². The van der Waals surface area contributed by atoms with Crippen molar-refractivity contribution >= 4 is 22.4 Å². The molecule has 28 heavy (non-hydrogen) atoms. The lowest BCUT2D eigenvalue weighted by Crippen LogP contribution is -2.27. The first kappa shape index (κ1) is 19.7. The molecular weight excluding hydrogens is 352 g/mol. The Bertz CT molecular complexity index is 950. The Morgan fingerprint density at radius 3 is 2.36 bits per heavy atom. The molecule has 2 aromatic carbocycles. The number of para-hydroxylation sites is 1. The average Bonchev–Trinajstić information content (AvgIpc) is 2.73. The Morgan fingerprint density at radius 1 is 0.964 bits per heavy atom. The molecule has 0 amide bonds. The number of non-ortho nitro benzene ring substituents is 1. The molecular formula is C22H26N4O2. The number of fused-ring (bicyclic) bond motifs is 1. The minimum absolute atomic E-state index is 0.0460. The van der Waals surface area contributed by atoms with Crippen molar-refractivity contribution < 1.29 is 4.92 Å². The standard InChI is InChI=1S/C22H26N4O2/c1-3-5-14-25(15-6-4-2)22-19-12-7-8-13-20(19)23-21(24-22)17-10-9-11-18(16-17)26(27)28/h7-13,16H,3-6,14-15H2,1-2H3. The van der Waals surface area contributed by atoms with Gasteiger partial charge in [-0.1, -0.05) is 51.0 Å². The summed E-state index contributed by atoms with van der Waals surface area (Å²) in [7, 11) is 0. The number of unbranched alkanes of at least 4 members (excludes halogenated alkanes) is 2. The molecule has 6 nitrogen and oxygen atoms in total. The number of hydrogen-bond acceptors (Lipinski definition) is 5. The van der Waals surface area contributed by atoms with Crippen molar-refractivity contribution in [2.75, 3.05) is 18.0 Å². The van der Waals surface area contributed by atoms with Crippen LogP contribution in [-0.4, -0.2) is 28.0 Å². The molecule has 3 rings (SSSR count). The van der Waals surface area contributed by atoms with E-state index in [-0.39, 0.29) is 10.6 Å². The van der Waals surface area contributed by atoms with Crippen LogP contribution in [0.25, 0.3) is 22.3 Å². The third kappa shape index (κ3) is 4.44. The fourth-order valence-corrected chi connectivity index (χ4v) is 3.21. The fourth-order valence-electron chi connectivity index (χ4n) is 3.21. The smallest absolute Gasteiger partial charge is 0.270 e. The summed E-state index contributed by atoms with van der Waals surface area (Å²) in [5.41, 5.74) is 1.56. The van der Waals surface area contributed by atoms with Gasteiger partial charge in [-0.15, -0.1) is 0 Å². The van der Waals surface area contributed by atoms with Crippen molar-refractivity contribution in [2.24, 2.45) is 0 Å². The summed E-state index contributed by atoms with van der Waals surface area (Å²) in [6.45, 7) is 6.24. The second kappa shape index (κ2) is 9.26. The number of rotatable bonds is 9. The van der Waals surface area contributed by atoms with Gasteiger partial charge in [-0.25, -0.2) is 9.97 Å². The van der Waals surface area contributed by atoms with Crippen LogP contribution in [0.2, 0.25) is 0 Å². The minimum Gasteiger partial charge on any atom is -0.356 e. The van der Waals surface area contributed by atoms with Crippen LogP contribution >= 0.6 is 0 Å². The Labute approximate surface area is 165 Å². The molecule has 0 aliphatic carbocycles. The van der Waals surface area contributed by atoms with Gasteiger partial charge >= 0.3 is 0 Å². The topological polar surface area (TPSA) is 72.2 Å². The van der Waals surface area contributed by atoms with Crippen LogP contribution in [0.15, 0.2) is 48.5 Å². The SMILES string of the molecule is CCCCN(CCCC)c1nc(-c2cccc([N+](=O)[O-])c2)nc2ccccc12. The molecule has 0 spiro atoms. The van der Waals surface area contributed by atoms with Gasteiger partial charge in [0.25, 0.3) is 5.69 Å². The summed E-state index contributed by atoms with van der Waals surface area (Å²) in [5.74, 6) is 1.43. The van der Waals surface area contributed by atoms with Gasteiger partial charge in [-0.2, -0.15) is 0 Å². The van der Waals surface area contributed by atoms with Gasteiger partial charge in [-0.05, 0) is 25.0 Å². The number of nitro benzene ring substituents is 1. The van der Waals surface area contributed by atoms with Crippen LogP contribution in [0.5, 0.6) is 0 Å². The number of hydrogen-bond donors (Lipinski definition) is 0. The molecule has 0 aliphatic heterocycles. The van der Waals surface area contributed by atoms with Gasteiger partial charge < -0.3 is 4.90 Å². The lowest BCUT2D eigenvalue weighted by atomic mass is 10.1. The normalized spacial score (nSPS) is 10.9. The predicted molar refractivity (Wildman–Crippen MR) is 114 cm³/mol. The zero-order valence-corrected chi connectivity index (χ0v) is 16.5. The van der Waals surface area contributed by atoms with Crippen LogP contribution in [0.4, 0.5) is 11.5 Å². The van der Waals surface area contributed by atoms with Crippen LogP contribution in [0.1, 0.15) is 39.5 Å². The number of anilines is 1. The van der Waals surface area contributed by atoms with E-state index in [1.54, 1.807) is 6.07 Å². The Hall–Kier alpha value is -3.02. The van der Waals surface area contributed by atoms with Gasteiger partial charge in [0.2, 0.25) is 0 Å². The van der Waals surface area contributed by atoms with E-state index >= 15 is 0 Å². The summed E-state index contributed by atoms with van der Waals surface area (Å²) in [6.07, 6.45) is 4.41. The maximum atomic E-state index is 11.2. The molecule has 146 valence electrons. The van der Waals surface area contributed by atoms with E-state index < -0.39 is 0 Å². The summed E-state index contributed by atoms with van der Waals surface area (Å²) in [6, 6.07) is 14.5. The maximum absolute atomic E-state index is 11.2. The number of nitro groups is 1. The van der Waals surface area contributed by atoms with E-state index in [9.17, 15) is 10.1 Å². The largest absolute Gasteiger partial charge is 0.356 e. The van der Waals surface area contributed by atoms with Crippen molar-refractivity contribution in [3.63, 3.8) is 0 Å². The van der Waals surface area contributed by atoms with Crippen LogP contribution in [-0.2, 0) is 0 Å². The molecule has 0 unspecified atom stereocenters. The maximum Gasteiger partial charge on any atom is 0.270 e. The highest BCUT2D eigenvalue weighted by molar-refractivity contribution is 5.91. The number of aromatic nitrogens is 2. The first-order valence-electron chi connectivity index (χ1n) is 9.90. The zero-order valence-electron chi connectivity index (χ0n) is 16.5. The minimum atomic E-state index is -0.389. The molecule has 6 heteroatoms. The van der Waals surface area contributed by atoms with Gasteiger partial charge in [0, 0.05) is 36.2 Å². The Kier molecular flexibility index (Phi) is 6.53. The molecule has 0 radical (unpaired) electrons. The zero-order chi connectivity index (χ0) is 19.9. The van der Waals surface area contributed by atoms with Gasteiger partial charge in [-0.3, -0.25) is 10.1 Å². The van der Waals surface area contributed by atoms with E-state index in [0.29, 0.717) is 11.4 Å². The summed E-state index contributed by atoms with van der Waals surface area (Å²) in [4.78, 5) is 22.7. The quantitative estimate of drug-likeness (QED) is 0.357. The molecule has 1 heterocycles. The second-order valence-corrected chi connectivity index (χ2v) is 6.89. The highest BCUT2D eigenvalue weighted by atomic mass is 16.6. The highest BCUT2D eigenvalue weighted by Gasteiger charge is 2.16. The molecule has 0 atom stereocenters. The lowest BCUT2D eigenvalue weighted by molar-refractivity contribution is -0.384. The van der Waals surface area contributed by atoms with Gasteiger partial charge in [0.1, 0.15) is 5.82 Å². The molecule has 0 saturated heterocycles. The van der Waals surface area contributed by atoms with Crippen molar-refractivity contribution in [3.05, 3.63) is 58.6 Å². The molecule has 0 bridgehead atoms. The second-order valence-electron chi connectivity index (χ2n) is 6.89. The first-order chi connectivity index (χ1) is 13.6. The highest BCUT2D eigenvalue weighted by Crippen LogP contribution is 2.29. The van der Waals surface area contributed by atoms with E-state index in [1.165, 1.54) is 12.1 Å². The number of benzene rings is 2. The number of nitrogens with zero attached hydrogens (tertiary/aromatic N) is 4. The molecule has 3 aromatic rings. The fraction of sp³-hybridized carbons (Fsp3) is 0.364. The van der Waals surface area contributed by atoms with E-state index in [4.69, 9.17) is 4.98 Å². The molecule has 0 aliphatic rings. The Morgan fingerprint density at radius 2 is 1.68 bits per heavy atom. The van der Waals surface area contributed by atoms with E-state index in [0.717, 1.165) is 55.5 Å². The van der Waals surface area contributed by atoms with Crippen molar-refractivity contribution in [2.45, 2.75) is 39.5 Å². The van der Waals surface area contributed by atoms with Gasteiger partial charge in [0.05, 0.1) is 10.4 Å². The molecule has 1 aromatic heterocycles. The van der Waals surface area contributed by atoms with E-state index in [2.05, 4.69) is 23.7 Å². The Balaban J connectivity index is 2.13. The van der Waals surface area contributed by atoms with E-state index in [1.807, 2.05) is 30.3 Å². The lowest BCUT2D eigenvalue weighted by Gasteiger charge is -2.25. The third-order valence-corrected chi connectivity index (χ3v) is 4.76. The molecule has 0 saturated carbocycles. The average molecular weight is 378 g/mol. The van der Waals surface area contributed by atoms with Gasteiger partial charge in [0.15, 0.2) is 5.82 Å². The monoisotopic (exact) mass is 378 g/mol. The van der Waals surface area contributed by atoms with Crippen molar-refractivity contribution in [3.8, 4) is 11.4 Å². The molecule has 0 N–H and O–H groups in total. The van der Waals surface area contributed by atoms with Crippen LogP contribution in [0, 0.1) is 10.1 Å². The third-order valence-electron chi connectivity index (χ3n) is 4.76. The predicted octanol–water partition coefficient (Wildman–Crippen LogP) is 5.61. The van der Waals surface area contributed by atoms with Crippen molar-refractivity contribution in [1.82, 2.24) is 9.97 Å². The first-order valence-corrected chi connectivity index (χ1v) is 9.90. The van der Waals surface area contributed by atoms with Crippen LogP contribution < -0.4 is 4.90 Å². The summed E-state index contributed by atoms with van der Waals surface area (Å²) in [5, 5.41) is 12.2. The van der Waals surface area contributed by atoms with Crippen LogP contribution in [0.3, 0.4) is 0 Å². The summed E-state index contributed by atoms with van der Waals surface area (Å²) < 4.78 is 0. The molecule has 0 fully saturated rings.